The molecule has 0 radical (unpaired) electrons. The standard InChI is InChI=1S/C30H31F5N2O3S/c1-17-7-6-8-21(18(17)2)19-9-11-20(12-10-19)24-22-15-36(13-4-5-14-37(22)23(24)16-40-3)41(38,39)30-28(34)26(32)25(31)27(33)29(30)35/h6-12,22-24H,4-5,13-16H2,1-3H3/t22?,23-,24?/m1/s1. The summed E-state index contributed by atoms with van der Waals surface area (Å²) in [6, 6.07) is 13.6. The summed E-state index contributed by atoms with van der Waals surface area (Å²) in [6.45, 7) is 4.86. The lowest BCUT2D eigenvalue weighted by atomic mass is 9.74. The molecular formula is C30H31F5N2O3S. The molecule has 0 N–H and O–H groups in total. The molecule has 2 heterocycles. The van der Waals surface area contributed by atoms with Crippen LogP contribution in [0, 0.1) is 42.9 Å². The first-order valence-corrected chi connectivity index (χ1v) is 14.9. The Morgan fingerprint density at radius 3 is 2.10 bits per heavy atom. The Labute approximate surface area is 236 Å². The lowest BCUT2D eigenvalue weighted by molar-refractivity contribution is -0.0635. The predicted molar refractivity (Wildman–Crippen MR) is 144 cm³/mol. The molecule has 0 aliphatic carbocycles. The maximum Gasteiger partial charge on any atom is 0.249 e. The van der Waals surface area contributed by atoms with Gasteiger partial charge in [0.2, 0.25) is 15.8 Å². The summed E-state index contributed by atoms with van der Waals surface area (Å²) < 4.78 is 104. The van der Waals surface area contributed by atoms with Crippen molar-refractivity contribution in [3.8, 4) is 11.1 Å². The van der Waals surface area contributed by atoms with Crippen molar-refractivity contribution in [2.24, 2.45) is 0 Å². The minimum absolute atomic E-state index is 0.0756. The third-order valence-electron chi connectivity index (χ3n) is 8.46. The zero-order chi connectivity index (χ0) is 29.6. The summed E-state index contributed by atoms with van der Waals surface area (Å²) in [7, 11) is -3.47. The molecule has 0 spiro atoms. The van der Waals surface area contributed by atoms with E-state index in [4.69, 9.17) is 4.74 Å². The molecule has 2 fully saturated rings. The van der Waals surface area contributed by atoms with Gasteiger partial charge in [-0.2, -0.15) is 4.31 Å². The molecule has 11 heteroatoms. The number of nitrogens with zero attached hydrogens (tertiary/aromatic N) is 2. The fraction of sp³-hybridized carbons (Fsp3) is 0.400. The molecule has 3 aromatic carbocycles. The van der Waals surface area contributed by atoms with E-state index >= 15 is 0 Å². The van der Waals surface area contributed by atoms with Crippen molar-refractivity contribution in [3.63, 3.8) is 0 Å². The lowest BCUT2D eigenvalue weighted by Gasteiger charge is -2.57. The van der Waals surface area contributed by atoms with Gasteiger partial charge in [0, 0.05) is 38.2 Å². The van der Waals surface area contributed by atoms with Crippen molar-refractivity contribution in [1.29, 1.82) is 0 Å². The van der Waals surface area contributed by atoms with Gasteiger partial charge in [-0.05, 0) is 61.1 Å². The number of fused-ring (bicyclic) bond motifs is 1. The van der Waals surface area contributed by atoms with E-state index < -0.39 is 50.0 Å². The number of methoxy groups -OCH3 is 1. The number of benzene rings is 3. The van der Waals surface area contributed by atoms with Crippen LogP contribution in [-0.2, 0) is 14.8 Å². The first-order chi connectivity index (χ1) is 19.5. The third kappa shape index (κ3) is 5.07. The highest BCUT2D eigenvalue weighted by molar-refractivity contribution is 7.89. The molecule has 2 aliphatic rings. The van der Waals surface area contributed by atoms with Crippen LogP contribution in [-0.4, -0.2) is 63.1 Å². The summed E-state index contributed by atoms with van der Waals surface area (Å²) in [5, 5.41) is 0. The van der Waals surface area contributed by atoms with E-state index in [2.05, 4.69) is 11.8 Å². The minimum atomic E-state index is -5.06. The van der Waals surface area contributed by atoms with Crippen LogP contribution in [0.15, 0.2) is 47.4 Å². The van der Waals surface area contributed by atoms with Crippen LogP contribution >= 0.6 is 0 Å². The van der Waals surface area contributed by atoms with Crippen molar-refractivity contribution in [2.75, 3.05) is 33.4 Å². The number of sulfonamides is 1. The second-order valence-electron chi connectivity index (χ2n) is 10.7. The lowest BCUT2D eigenvalue weighted by Crippen LogP contribution is -2.68. The topological polar surface area (TPSA) is 49.9 Å². The van der Waals surface area contributed by atoms with Crippen LogP contribution < -0.4 is 0 Å². The Kier molecular flexibility index (Phi) is 8.26. The molecule has 5 rings (SSSR count). The van der Waals surface area contributed by atoms with E-state index in [9.17, 15) is 30.4 Å². The molecule has 2 unspecified atom stereocenters. The van der Waals surface area contributed by atoms with Gasteiger partial charge < -0.3 is 4.74 Å². The molecule has 2 aliphatic heterocycles. The fourth-order valence-electron chi connectivity index (χ4n) is 6.17. The van der Waals surface area contributed by atoms with Gasteiger partial charge in [-0.1, -0.05) is 42.5 Å². The summed E-state index contributed by atoms with van der Waals surface area (Å²) in [5.41, 5.74) is 5.41. The maximum atomic E-state index is 14.6. The van der Waals surface area contributed by atoms with E-state index in [0.29, 0.717) is 26.0 Å². The van der Waals surface area contributed by atoms with Crippen molar-refractivity contribution >= 4 is 10.0 Å². The summed E-state index contributed by atoms with van der Waals surface area (Å²) >= 11 is 0. The zero-order valence-electron chi connectivity index (χ0n) is 22.9. The highest BCUT2D eigenvalue weighted by Gasteiger charge is 2.51. The molecule has 0 bridgehead atoms. The van der Waals surface area contributed by atoms with E-state index in [1.807, 2.05) is 49.4 Å². The average molecular weight is 595 g/mol. The van der Waals surface area contributed by atoms with E-state index in [1.54, 1.807) is 7.11 Å². The molecule has 5 nitrogen and oxygen atoms in total. The maximum absolute atomic E-state index is 14.6. The second kappa shape index (κ2) is 11.4. The van der Waals surface area contributed by atoms with Crippen LogP contribution in [0.4, 0.5) is 22.0 Å². The van der Waals surface area contributed by atoms with E-state index in [-0.39, 0.29) is 25.0 Å². The van der Waals surface area contributed by atoms with Gasteiger partial charge in [0.15, 0.2) is 28.2 Å². The number of hydrogen-bond donors (Lipinski definition) is 0. The smallest absolute Gasteiger partial charge is 0.249 e. The Morgan fingerprint density at radius 2 is 1.46 bits per heavy atom. The molecular weight excluding hydrogens is 563 g/mol. The molecule has 3 atom stereocenters. The van der Waals surface area contributed by atoms with Gasteiger partial charge >= 0.3 is 0 Å². The number of aryl methyl sites for hydroxylation is 1. The normalized spacial score (nSPS) is 22.1. The van der Waals surface area contributed by atoms with Crippen LogP contribution in [0.3, 0.4) is 0 Å². The highest BCUT2D eigenvalue weighted by Crippen LogP contribution is 2.44. The van der Waals surface area contributed by atoms with E-state index in [0.717, 1.165) is 21.0 Å². The zero-order valence-corrected chi connectivity index (χ0v) is 23.7. The molecule has 0 aromatic heterocycles. The fourth-order valence-corrected chi connectivity index (χ4v) is 7.78. The Hall–Kier alpha value is -2.86. The average Bonchev–Trinajstić information content (AvgIpc) is 2.93. The van der Waals surface area contributed by atoms with Crippen molar-refractivity contribution in [2.45, 2.75) is 49.6 Å². The first kappa shape index (κ1) is 29.6. The largest absolute Gasteiger partial charge is 0.383 e. The summed E-state index contributed by atoms with van der Waals surface area (Å²) in [5.74, 6) is -11.9. The molecule has 41 heavy (non-hydrogen) atoms. The molecule has 0 saturated carbocycles. The van der Waals surface area contributed by atoms with Gasteiger partial charge in [-0.25, -0.2) is 30.4 Å². The Morgan fingerprint density at radius 1 is 0.854 bits per heavy atom. The van der Waals surface area contributed by atoms with Crippen LogP contribution in [0.5, 0.6) is 0 Å². The van der Waals surface area contributed by atoms with Crippen molar-refractivity contribution in [3.05, 3.63) is 88.2 Å². The van der Waals surface area contributed by atoms with Gasteiger partial charge in [-0.15, -0.1) is 0 Å². The number of ether oxygens (including phenoxy) is 1. The van der Waals surface area contributed by atoms with Crippen molar-refractivity contribution in [1.82, 2.24) is 9.21 Å². The van der Waals surface area contributed by atoms with Gasteiger partial charge in [0.25, 0.3) is 0 Å². The Bertz CT molecular complexity index is 1540. The van der Waals surface area contributed by atoms with Gasteiger partial charge in [-0.3, -0.25) is 4.90 Å². The number of halogens is 5. The first-order valence-electron chi connectivity index (χ1n) is 13.4. The van der Waals surface area contributed by atoms with Crippen molar-refractivity contribution < 1.29 is 35.1 Å². The van der Waals surface area contributed by atoms with Gasteiger partial charge in [0.05, 0.1) is 6.61 Å². The molecule has 220 valence electrons. The Balaban J connectivity index is 1.50. The molecule has 2 saturated heterocycles. The van der Waals surface area contributed by atoms with E-state index in [1.165, 1.54) is 11.1 Å². The summed E-state index contributed by atoms with van der Waals surface area (Å²) in [4.78, 5) is 0.288. The monoisotopic (exact) mass is 594 g/mol. The van der Waals surface area contributed by atoms with Gasteiger partial charge in [0.1, 0.15) is 0 Å². The van der Waals surface area contributed by atoms with Crippen LogP contribution in [0.2, 0.25) is 0 Å². The summed E-state index contributed by atoms with van der Waals surface area (Å²) in [6.07, 6.45) is 0.935. The van der Waals surface area contributed by atoms with Crippen LogP contribution in [0.1, 0.15) is 35.4 Å². The quantitative estimate of drug-likeness (QED) is 0.202. The predicted octanol–water partition coefficient (Wildman–Crippen LogP) is 5.93. The second-order valence-corrected chi connectivity index (χ2v) is 12.6. The number of hydrogen-bond acceptors (Lipinski definition) is 4. The molecule has 0 amide bonds. The SMILES string of the molecule is COC[C@@H]1C(c2ccc(-c3cccc(C)c3C)cc2)C2CN(S(=O)(=O)c3c(F)c(F)c(F)c(F)c3F)CCCCN21. The van der Waals surface area contributed by atoms with Crippen LogP contribution in [0.25, 0.3) is 11.1 Å². The number of rotatable bonds is 6. The highest BCUT2D eigenvalue weighted by atomic mass is 32.2. The third-order valence-corrected chi connectivity index (χ3v) is 10.3. The minimum Gasteiger partial charge on any atom is -0.383 e. The molecule has 3 aromatic rings.